The van der Waals surface area contributed by atoms with Gasteiger partial charge in [0, 0.05) is 4.88 Å². The van der Waals surface area contributed by atoms with Gasteiger partial charge in [-0.15, -0.1) is 11.3 Å². The topological polar surface area (TPSA) is 88.8 Å². The van der Waals surface area contributed by atoms with Gasteiger partial charge in [-0.05, 0) is 24.8 Å². The van der Waals surface area contributed by atoms with Crippen LogP contribution >= 0.6 is 23.1 Å². The smallest absolute Gasteiger partial charge is 0.260 e. The lowest BCUT2D eigenvalue weighted by molar-refractivity contribution is -0.115. The maximum Gasteiger partial charge on any atom is 0.260 e. The van der Waals surface area contributed by atoms with Gasteiger partial charge in [-0.3, -0.25) is 9.59 Å². The molecule has 0 atom stereocenters. The van der Waals surface area contributed by atoms with Gasteiger partial charge in [0.15, 0.2) is 5.16 Å². The number of aromatic nitrogens is 2. The Hall–Kier alpha value is -1.34. The monoisotopic (exact) mass is 281 g/mol. The highest BCUT2D eigenvalue weighted by atomic mass is 32.2. The number of thiophene rings is 1. The van der Waals surface area contributed by atoms with E-state index in [-0.39, 0.29) is 11.3 Å². The number of hydrogen-bond acceptors (Lipinski definition) is 5. The van der Waals surface area contributed by atoms with Gasteiger partial charge in [-0.25, -0.2) is 4.98 Å². The van der Waals surface area contributed by atoms with Crippen molar-refractivity contribution in [2.45, 2.75) is 24.4 Å². The Balaban J connectivity index is 2.06. The van der Waals surface area contributed by atoms with E-state index in [1.54, 1.807) is 11.3 Å². The Morgan fingerprint density at radius 1 is 1.50 bits per heavy atom. The summed E-state index contributed by atoms with van der Waals surface area (Å²) in [6.07, 6.45) is 3.13. The van der Waals surface area contributed by atoms with Crippen LogP contribution in [0, 0.1) is 0 Å². The molecule has 2 aromatic heterocycles. The predicted octanol–water partition coefficient (Wildman–Crippen LogP) is 1.05. The van der Waals surface area contributed by atoms with Crippen molar-refractivity contribution in [3.8, 4) is 0 Å². The van der Waals surface area contributed by atoms with E-state index in [0.717, 1.165) is 46.8 Å². The molecule has 0 unspecified atom stereocenters. The Kier molecular flexibility index (Phi) is 2.87. The van der Waals surface area contributed by atoms with E-state index in [1.807, 2.05) is 0 Å². The van der Waals surface area contributed by atoms with E-state index < -0.39 is 5.91 Å². The quantitative estimate of drug-likeness (QED) is 0.650. The second kappa shape index (κ2) is 4.40. The Labute approximate surface area is 111 Å². The van der Waals surface area contributed by atoms with Crippen LogP contribution in [-0.2, 0) is 17.6 Å². The third kappa shape index (κ3) is 1.93. The van der Waals surface area contributed by atoms with Crippen molar-refractivity contribution in [1.29, 1.82) is 0 Å². The van der Waals surface area contributed by atoms with E-state index in [4.69, 9.17) is 5.73 Å². The maximum atomic E-state index is 12.0. The molecule has 2 heterocycles. The minimum atomic E-state index is -0.420. The highest BCUT2D eigenvalue weighted by Gasteiger charge is 2.21. The van der Waals surface area contributed by atoms with Crippen molar-refractivity contribution in [2.75, 3.05) is 5.75 Å². The molecule has 18 heavy (non-hydrogen) atoms. The summed E-state index contributed by atoms with van der Waals surface area (Å²) in [5.41, 5.74) is 6.13. The van der Waals surface area contributed by atoms with Crippen LogP contribution in [0.2, 0.25) is 0 Å². The van der Waals surface area contributed by atoms with Gasteiger partial charge in [0.2, 0.25) is 5.91 Å². The lowest BCUT2D eigenvalue weighted by Gasteiger charge is -1.99. The van der Waals surface area contributed by atoms with E-state index in [9.17, 15) is 9.59 Å². The lowest BCUT2D eigenvalue weighted by Crippen LogP contribution is -2.15. The fourth-order valence-corrected chi connectivity index (χ4v) is 4.11. The number of H-pyrrole nitrogens is 1. The summed E-state index contributed by atoms with van der Waals surface area (Å²) in [6.45, 7) is 0. The largest absolute Gasteiger partial charge is 0.369 e. The predicted molar refractivity (Wildman–Crippen MR) is 72.2 cm³/mol. The lowest BCUT2D eigenvalue weighted by atomic mass is 10.2. The van der Waals surface area contributed by atoms with Crippen LogP contribution in [0.15, 0.2) is 9.95 Å². The highest BCUT2D eigenvalue weighted by Crippen LogP contribution is 2.34. The molecule has 5 nitrogen and oxygen atoms in total. The third-order valence-corrected chi connectivity index (χ3v) is 4.99. The standard InChI is InChI=1S/C11H11N3O2S2/c12-7(15)4-17-11-13-9(16)8-5-2-1-3-6(5)18-10(8)14-11/h1-4H2,(H2,12,15)(H,13,14,16). The van der Waals surface area contributed by atoms with Crippen LogP contribution in [-0.4, -0.2) is 21.6 Å². The van der Waals surface area contributed by atoms with Gasteiger partial charge in [0.05, 0.1) is 11.1 Å². The number of aryl methyl sites for hydroxylation is 2. The van der Waals surface area contributed by atoms with Gasteiger partial charge < -0.3 is 10.7 Å². The first kappa shape index (κ1) is 11.7. The molecular formula is C11H11N3O2S2. The van der Waals surface area contributed by atoms with Gasteiger partial charge in [-0.2, -0.15) is 0 Å². The normalized spacial score (nSPS) is 14.0. The second-order valence-electron chi connectivity index (χ2n) is 4.16. The zero-order valence-electron chi connectivity index (χ0n) is 9.49. The summed E-state index contributed by atoms with van der Waals surface area (Å²) in [5, 5.41) is 1.20. The summed E-state index contributed by atoms with van der Waals surface area (Å²) in [5.74, 6) is -0.295. The van der Waals surface area contributed by atoms with E-state index in [2.05, 4.69) is 9.97 Å². The molecule has 0 aromatic carbocycles. The SMILES string of the molecule is NC(=O)CSc1nc2sc3c(c2c(=O)[nH]1)CCC3. The summed E-state index contributed by atoms with van der Waals surface area (Å²) < 4.78 is 0. The molecule has 1 amide bonds. The molecule has 0 aliphatic heterocycles. The molecule has 94 valence electrons. The number of nitrogens with two attached hydrogens (primary N) is 1. The number of nitrogens with zero attached hydrogens (tertiary/aromatic N) is 1. The zero-order chi connectivity index (χ0) is 12.7. The van der Waals surface area contributed by atoms with Gasteiger partial charge in [0.1, 0.15) is 4.83 Å². The van der Waals surface area contributed by atoms with Gasteiger partial charge in [0.25, 0.3) is 5.56 Å². The summed E-state index contributed by atoms with van der Waals surface area (Å²) >= 11 is 2.75. The Morgan fingerprint density at radius 3 is 3.11 bits per heavy atom. The number of aromatic amines is 1. The van der Waals surface area contributed by atoms with Crippen molar-refractivity contribution in [3.63, 3.8) is 0 Å². The molecule has 1 aliphatic rings. The van der Waals surface area contributed by atoms with Crippen molar-refractivity contribution in [3.05, 3.63) is 20.8 Å². The molecular weight excluding hydrogens is 270 g/mol. The number of primary amides is 1. The number of rotatable bonds is 3. The molecule has 0 saturated heterocycles. The molecule has 0 spiro atoms. The average Bonchev–Trinajstić information content (AvgIpc) is 2.85. The number of thioether (sulfide) groups is 1. The molecule has 0 fully saturated rings. The maximum absolute atomic E-state index is 12.0. The van der Waals surface area contributed by atoms with Crippen LogP contribution in [0.1, 0.15) is 16.9 Å². The van der Waals surface area contributed by atoms with Crippen LogP contribution in [0.3, 0.4) is 0 Å². The fourth-order valence-electron chi connectivity index (χ4n) is 2.19. The van der Waals surface area contributed by atoms with Crippen LogP contribution in [0.25, 0.3) is 10.2 Å². The first-order valence-electron chi connectivity index (χ1n) is 5.61. The summed E-state index contributed by atoms with van der Waals surface area (Å²) in [4.78, 5) is 31.9. The van der Waals surface area contributed by atoms with Crippen molar-refractivity contribution < 1.29 is 4.79 Å². The second-order valence-corrected chi connectivity index (χ2v) is 6.21. The third-order valence-electron chi connectivity index (χ3n) is 2.90. The first-order valence-corrected chi connectivity index (χ1v) is 7.41. The molecule has 2 aromatic rings. The van der Waals surface area contributed by atoms with E-state index in [1.165, 1.54) is 4.88 Å². The average molecular weight is 281 g/mol. The van der Waals surface area contributed by atoms with Gasteiger partial charge >= 0.3 is 0 Å². The molecule has 0 bridgehead atoms. The number of amides is 1. The number of nitrogens with one attached hydrogen (secondary N) is 1. The van der Waals surface area contributed by atoms with Crippen LogP contribution in [0.5, 0.6) is 0 Å². The first-order chi connectivity index (χ1) is 8.65. The Morgan fingerprint density at radius 2 is 2.33 bits per heavy atom. The minimum Gasteiger partial charge on any atom is -0.369 e. The Bertz CT molecular complexity index is 689. The number of hydrogen-bond donors (Lipinski definition) is 2. The van der Waals surface area contributed by atoms with Gasteiger partial charge in [-0.1, -0.05) is 11.8 Å². The molecule has 3 rings (SSSR count). The van der Waals surface area contributed by atoms with Crippen molar-refractivity contribution in [2.24, 2.45) is 5.73 Å². The van der Waals surface area contributed by atoms with E-state index >= 15 is 0 Å². The van der Waals surface area contributed by atoms with E-state index in [0.29, 0.717) is 5.16 Å². The number of fused-ring (bicyclic) bond motifs is 3. The highest BCUT2D eigenvalue weighted by molar-refractivity contribution is 7.99. The minimum absolute atomic E-state index is 0.105. The summed E-state index contributed by atoms with van der Waals surface area (Å²) in [7, 11) is 0. The number of carbonyl (C=O) groups excluding carboxylic acids is 1. The molecule has 7 heteroatoms. The van der Waals surface area contributed by atoms with Crippen molar-refractivity contribution in [1.82, 2.24) is 9.97 Å². The summed E-state index contributed by atoms with van der Waals surface area (Å²) in [6, 6.07) is 0. The molecule has 0 radical (unpaired) electrons. The molecule has 1 aliphatic carbocycles. The molecule has 0 saturated carbocycles. The van der Waals surface area contributed by atoms with Crippen LogP contribution < -0.4 is 11.3 Å². The van der Waals surface area contributed by atoms with Crippen molar-refractivity contribution >= 4 is 39.2 Å². The fraction of sp³-hybridized carbons (Fsp3) is 0.364. The number of carbonyl (C=O) groups is 1. The molecule has 3 N–H and O–H groups in total. The van der Waals surface area contributed by atoms with Crippen LogP contribution in [0.4, 0.5) is 0 Å². The zero-order valence-corrected chi connectivity index (χ0v) is 11.1.